The molecule has 3 unspecified atom stereocenters. The summed E-state index contributed by atoms with van der Waals surface area (Å²) >= 11 is 0. The number of hydrogen-bond acceptors (Lipinski definition) is 3. The molecule has 1 aromatic carbocycles. The van der Waals surface area contributed by atoms with E-state index in [1.165, 1.54) is 6.07 Å². The van der Waals surface area contributed by atoms with Crippen LogP contribution < -0.4 is 15.8 Å². The predicted octanol–water partition coefficient (Wildman–Crippen LogP) is 1.98. The molecule has 1 fully saturated rings. The molecule has 2 rings (SSSR count). The Morgan fingerprint density at radius 3 is 2.86 bits per heavy atom. The lowest BCUT2D eigenvalue weighted by Crippen LogP contribution is -2.40. The van der Waals surface area contributed by atoms with Crippen LogP contribution in [0.4, 0.5) is 8.78 Å². The molecular formula is C15H20F2N2O2. The average molecular weight is 298 g/mol. The van der Waals surface area contributed by atoms with E-state index in [2.05, 4.69) is 5.32 Å². The minimum absolute atomic E-state index is 0.0274. The average Bonchev–Trinajstić information content (AvgIpc) is 2.84. The van der Waals surface area contributed by atoms with E-state index in [0.717, 1.165) is 25.0 Å². The SMILES string of the molecule is CC(COc1ccc(F)cc1F)NC(=O)C1CCC(N)C1. The molecular weight excluding hydrogens is 278 g/mol. The Balaban J connectivity index is 1.79. The molecule has 4 nitrogen and oxygen atoms in total. The molecule has 21 heavy (non-hydrogen) atoms. The van der Waals surface area contributed by atoms with E-state index in [1.54, 1.807) is 6.92 Å². The molecule has 6 heteroatoms. The quantitative estimate of drug-likeness (QED) is 0.873. The van der Waals surface area contributed by atoms with Crippen molar-refractivity contribution in [3.8, 4) is 5.75 Å². The number of carbonyl (C=O) groups excluding carboxylic acids is 1. The molecule has 0 spiro atoms. The number of hydrogen-bond donors (Lipinski definition) is 2. The van der Waals surface area contributed by atoms with Crippen molar-refractivity contribution < 1.29 is 18.3 Å². The molecule has 1 saturated carbocycles. The van der Waals surface area contributed by atoms with Gasteiger partial charge in [0, 0.05) is 18.0 Å². The molecule has 0 heterocycles. The Morgan fingerprint density at radius 2 is 2.24 bits per heavy atom. The van der Waals surface area contributed by atoms with Crippen molar-refractivity contribution in [3.05, 3.63) is 29.8 Å². The number of benzene rings is 1. The lowest BCUT2D eigenvalue weighted by atomic mass is 10.1. The maximum absolute atomic E-state index is 13.4. The van der Waals surface area contributed by atoms with Gasteiger partial charge in [-0.25, -0.2) is 8.78 Å². The molecule has 1 aromatic rings. The first-order valence-corrected chi connectivity index (χ1v) is 7.09. The van der Waals surface area contributed by atoms with E-state index >= 15 is 0 Å². The molecule has 116 valence electrons. The summed E-state index contributed by atoms with van der Waals surface area (Å²) < 4.78 is 31.4. The second kappa shape index (κ2) is 6.85. The van der Waals surface area contributed by atoms with Gasteiger partial charge in [0.2, 0.25) is 5.91 Å². The Morgan fingerprint density at radius 1 is 1.48 bits per heavy atom. The second-order valence-corrected chi connectivity index (χ2v) is 5.57. The highest BCUT2D eigenvalue weighted by molar-refractivity contribution is 5.79. The zero-order valence-corrected chi connectivity index (χ0v) is 11.9. The van der Waals surface area contributed by atoms with Gasteiger partial charge in [0.05, 0.1) is 6.04 Å². The van der Waals surface area contributed by atoms with E-state index in [-0.39, 0.29) is 36.3 Å². The maximum Gasteiger partial charge on any atom is 0.223 e. The molecule has 3 N–H and O–H groups in total. The summed E-state index contributed by atoms with van der Waals surface area (Å²) in [5, 5.41) is 2.83. The fraction of sp³-hybridized carbons (Fsp3) is 0.533. The van der Waals surface area contributed by atoms with Crippen molar-refractivity contribution in [2.24, 2.45) is 11.7 Å². The van der Waals surface area contributed by atoms with Crippen molar-refractivity contribution in [3.63, 3.8) is 0 Å². The number of halogens is 2. The van der Waals surface area contributed by atoms with Crippen molar-refractivity contribution in [2.45, 2.75) is 38.3 Å². The molecule has 1 amide bonds. The number of carbonyl (C=O) groups is 1. The van der Waals surface area contributed by atoms with Crippen molar-refractivity contribution >= 4 is 5.91 Å². The van der Waals surface area contributed by atoms with E-state index < -0.39 is 11.6 Å². The summed E-state index contributed by atoms with van der Waals surface area (Å²) in [6.07, 6.45) is 2.36. The Labute approximate surface area is 122 Å². The monoisotopic (exact) mass is 298 g/mol. The molecule has 0 aromatic heterocycles. The molecule has 0 saturated heterocycles. The largest absolute Gasteiger partial charge is 0.488 e. The van der Waals surface area contributed by atoms with E-state index in [9.17, 15) is 13.6 Å². The zero-order valence-electron chi connectivity index (χ0n) is 11.9. The third-order valence-corrected chi connectivity index (χ3v) is 3.62. The lowest BCUT2D eigenvalue weighted by molar-refractivity contribution is -0.125. The topological polar surface area (TPSA) is 64.3 Å². The molecule has 1 aliphatic carbocycles. The van der Waals surface area contributed by atoms with Crippen LogP contribution in [-0.2, 0) is 4.79 Å². The van der Waals surface area contributed by atoms with E-state index in [1.807, 2.05) is 0 Å². The molecule has 0 aliphatic heterocycles. The van der Waals surface area contributed by atoms with Gasteiger partial charge in [-0.3, -0.25) is 4.79 Å². The Kier molecular flexibility index (Phi) is 5.12. The molecule has 0 radical (unpaired) electrons. The standard InChI is InChI=1S/C15H20F2N2O2/c1-9(19-15(20)10-2-4-12(18)6-10)8-21-14-5-3-11(16)7-13(14)17/h3,5,7,9-10,12H,2,4,6,8,18H2,1H3,(H,19,20). The second-order valence-electron chi connectivity index (χ2n) is 5.57. The van der Waals surface area contributed by atoms with Gasteiger partial charge in [-0.15, -0.1) is 0 Å². The maximum atomic E-state index is 13.4. The number of amides is 1. The third-order valence-electron chi connectivity index (χ3n) is 3.62. The van der Waals surface area contributed by atoms with Gasteiger partial charge < -0.3 is 15.8 Å². The van der Waals surface area contributed by atoms with Crippen LogP contribution in [-0.4, -0.2) is 24.6 Å². The van der Waals surface area contributed by atoms with Crippen LogP contribution in [0.25, 0.3) is 0 Å². The summed E-state index contributed by atoms with van der Waals surface area (Å²) in [4.78, 5) is 12.0. The predicted molar refractivity (Wildman–Crippen MR) is 74.8 cm³/mol. The summed E-state index contributed by atoms with van der Waals surface area (Å²) in [7, 11) is 0. The van der Waals surface area contributed by atoms with Gasteiger partial charge in [0.25, 0.3) is 0 Å². The van der Waals surface area contributed by atoms with Gasteiger partial charge in [0.15, 0.2) is 11.6 Å². The van der Waals surface area contributed by atoms with E-state index in [4.69, 9.17) is 10.5 Å². The van der Waals surface area contributed by atoms with Crippen LogP contribution in [0, 0.1) is 17.6 Å². The first kappa shape index (κ1) is 15.7. The smallest absolute Gasteiger partial charge is 0.223 e. The molecule has 0 bridgehead atoms. The van der Waals surface area contributed by atoms with Crippen LogP contribution in [0.5, 0.6) is 5.75 Å². The van der Waals surface area contributed by atoms with Crippen LogP contribution >= 0.6 is 0 Å². The van der Waals surface area contributed by atoms with Crippen molar-refractivity contribution in [1.82, 2.24) is 5.32 Å². The minimum Gasteiger partial charge on any atom is -0.488 e. The summed E-state index contributed by atoms with van der Waals surface area (Å²) in [5.41, 5.74) is 5.78. The highest BCUT2D eigenvalue weighted by Crippen LogP contribution is 2.24. The number of rotatable bonds is 5. The summed E-state index contributed by atoms with van der Waals surface area (Å²) in [6.45, 7) is 1.89. The Hall–Kier alpha value is -1.69. The number of nitrogens with one attached hydrogen (secondary N) is 1. The minimum atomic E-state index is -0.754. The summed E-state index contributed by atoms with van der Waals surface area (Å²) in [6, 6.07) is 2.95. The normalized spacial score (nSPS) is 22.9. The van der Waals surface area contributed by atoms with Gasteiger partial charge in [-0.05, 0) is 38.3 Å². The van der Waals surface area contributed by atoms with Crippen LogP contribution in [0.3, 0.4) is 0 Å². The van der Waals surface area contributed by atoms with Gasteiger partial charge in [-0.2, -0.15) is 0 Å². The fourth-order valence-corrected chi connectivity index (χ4v) is 2.46. The summed E-state index contributed by atoms with van der Waals surface area (Å²) in [5.74, 6) is -1.53. The number of nitrogens with two attached hydrogens (primary N) is 1. The lowest BCUT2D eigenvalue weighted by Gasteiger charge is -2.18. The Bertz CT molecular complexity index is 510. The van der Waals surface area contributed by atoms with Gasteiger partial charge >= 0.3 is 0 Å². The molecule has 3 atom stereocenters. The molecule has 1 aliphatic rings. The van der Waals surface area contributed by atoms with Crippen molar-refractivity contribution in [2.75, 3.05) is 6.61 Å². The van der Waals surface area contributed by atoms with Crippen LogP contribution in [0.15, 0.2) is 18.2 Å². The van der Waals surface area contributed by atoms with E-state index in [0.29, 0.717) is 6.42 Å². The van der Waals surface area contributed by atoms with Crippen LogP contribution in [0.2, 0.25) is 0 Å². The highest BCUT2D eigenvalue weighted by Gasteiger charge is 2.28. The fourth-order valence-electron chi connectivity index (χ4n) is 2.46. The van der Waals surface area contributed by atoms with Gasteiger partial charge in [0.1, 0.15) is 12.4 Å². The number of ether oxygens (including phenoxy) is 1. The zero-order chi connectivity index (χ0) is 15.4. The van der Waals surface area contributed by atoms with Crippen LogP contribution in [0.1, 0.15) is 26.2 Å². The third kappa shape index (κ3) is 4.39. The highest BCUT2D eigenvalue weighted by atomic mass is 19.1. The first-order chi connectivity index (χ1) is 9.95. The van der Waals surface area contributed by atoms with Gasteiger partial charge in [-0.1, -0.05) is 0 Å². The van der Waals surface area contributed by atoms with Crippen molar-refractivity contribution in [1.29, 1.82) is 0 Å². The first-order valence-electron chi connectivity index (χ1n) is 7.09.